The van der Waals surface area contributed by atoms with Gasteiger partial charge in [-0.1, -0.05) is 11.6 Å². The van der Waals surface area contributed by atoms with Crippen molar-refractivity contribution in [2.75, 3.05) is 33.8 Å². The first-order valence-corrected chi connectivity index (χ1v) is 9.36. The second kappa shape index (κ2) is 8.23. The van der Waals surface area contributed by atoms with E-state index in [0.717, 1.165) is 37.4 Å². The van der Waals surface area contributed by atoms with Gasteiger partial charge in [-0.2, -0.15) is 0 Å². The Balaban J connectivity index is 2.08. The molecule has 1 N–H and O–H groups in total. The average Bonchev–Trinajstić information content (AvgIpc) is 3.00. The van der Waals surface area contributed by atoms with Gasteiger partial charge < -0.3 is 14.9 Å². The fraction of sp³-hybridized carbons (Fsp3) is 0.667. The van der Waals surface area contributed by atoms with Crippen LogP contribution in [-0.2, 0) is 6.54 Å². The number of rotatable bonds is 6. The summed E-state index contributed by atoms with van der Waals surface area (Å²) in [6.45, 7) is 6.35. The molecule has 0 saturated carbocycles. The molecule has 1 aliphatic heterocycles. The molecule has 2 heterocycles. The van der Waals surface area contributed by atoms with Crippen LogP contribution in [0.5, 0.6) is 0 Å². The maximum atomic E-state index is 12.8. The normalized spacial score (nSPS) is 21.2. The van der Waals surface area contributed by atoms with Gasteiger partial charge in [-0.3, -0.25) is 4.79 Å². The van der Waals surface area contributed by atoms with Crippen molar-refractivity contribution >= 4 is 17.2 Å². The second-order valence-corrected chi connectivity index (χ2v) is 8.28. The summed E-state index contributed by atoms with van der Waals surface area (Å²) in [6, 6.07) is 0. The molecular formula is C18H29N3O2S. The first kappa shape index (κ1) is 19.1. The highest BCUT2D eigenvalue weighted by Gasteiger charge is 2.36. The summed E-state index contributed by atoms with van der Waals surface area (Å²) < 4.78 is 0. The lowest BCUT2D eigenvalue weighted by molar-refractivity contribution is 0.0281. The molecule has 0 bridgehead atoms. The van der Waals surface area contributed by atoms with Gasteiger partial charge in [0.25, 0.3) is 5.91 Å². The van der Waals surface area contributed by atoms with Crippen molar-refractivity contribution in [2.24, 2.45) is 5.41 Å². The van der Waals surface area contributed by atoms with E-state index in [-0.39, 0.29) is 17.9 Å². The highest BCUT2D eigenvalue weighted by Crippen LogP contribution is 2.34. The van der Waals surface area contributed by atoms with E-state index in [1.807, 2.05) is 29.3 Å². The van der Waals surface area contributed by atoms with E-state index in [2.05, 4.69) is 24.9 Å². The van der Waals surface area contributed by atoms with Crippen LogP contribution < -0.4 is 0 Å². The van der Waals surface area contributed by atoms with Gasteiger partial charge in [-0.15, -0.1) is 11.3 Å². The maximum absolute atomic E-state index is 12.8. The number of thiazole rings is 1. The Hall–Kier alpha value is -1.24. The molecule has 24 heavy (non-hydrogen) atoms. The number of aliphatic hydroxyl groups is 1. The lowest BCUT2D eigenvalue weighted by atomic mass is 9.77. The molecule has 5 nitrogen and oxygen atoms in total. The number of piperidine rings is 1. The zero-order chi connectivity index (χ0) is 17.7. The first-order valence-electron chi connectivity index (χ1n) is 8.48. The van der Waals surface area contributed by atoms with Gasteiger partial charge in [0, 0.05) is 30.4 Å². The lowest BCUT2D eigenvalue weighted by Gasteiger charge is -2.41. The number of nitrogens with zero attached hydrogens (tertiary/aromatic N) is 3. The van der Waals surface area contributed by atoms with Gasteiger partial charge in [-0.25, -0.2) is 4.98 Å². The monoisotopic (exact) mass is 351 g/mol. The van der Waals surface area contributed by atoms with Crippen LogP contribution in [0.15, 0.2) is 17.0 Å². The zero-order valence-corrected chi connectivity index (χ0v) is 16.0. The smallest absolute Gasteiger partial charge is 0.273 e. The largest absolute Gasteiger partial charge is 0.396 e. The summed E-state index contributed by atoms with van der Waals surface area (Å²) in [5.41, 5.74) is 1.57. The summed E-state index contributed by atoms with van der Waals surface area (Å²) >= 11 is 1.53. The third-order valence-electron chi connectivity index (χ3n) is 4.45. The third kappa shape index (κ3) is 4.88. The van der Waals surface area contributed by atoms with Crippen molar-refractivity contribution in [3.05, 3.63) is 27.7 Å². The SMILES string of the molecule is CC(C)=CC[C@@]1(CO)CCCN(C(=O)c2csc(CN(C)C)n2)C1. The predicted molar refractivity (Wildman–Crippen MR) is 98.2 cm³/mol. The molecule has 0 unspecified atom stereocenters. The van der Waals surface area contributed by atoms with E-state index in [1.165, 1.54) is 16.9 Å². The Labute approximate surface area is 149 Å². The molecule has 0 spiro atoms. The predicted octanol–water partition coefficient (Wildman–Crippen LogP) is 2.78. The molecule has 0 aromatic carbocycles. The van der Waals surface area contributed by atoms with Crippen LogP contribution >= 0.6 is 11.3 Å². The zero-order valence-electron chi connectivity index (χ0n) is 15.2. The Kier molecular flexibility index (Phi) is 6.54. The van der Waals surface area contributed by atoms with Crippen molar-refractivity contribution < 1.29 is 9.90 Å². The summed E-state index contributed by atoms with van der Waals surface area (Å²) in [4.78, 5) is 21.2. The van der Waals surface area contributed by atoms with Crippen LogP contribution in [0, 0.1) is 5.41 Å². The van der Waals surface area contributed by atoms with Crippen molar-refractivity contribution in [2.45, 2.75) is 39.7 Å². The number of carbonyl (C=O) groups excluding carboxylic acids is 1. The van der Waals surface area contributed by atoms with Crippen molar-refractivity contribution in [3.8, 4) is 0 Å². The van der Waals surface area contributed by atoms with Gasteiger partial charge in [0.15, 0.2) is 0 Å². The maximum Gasteiger partial charge on any atom is 0.273 e. The molecule has 1 aliphatic rings. The number of likely N-dealkylation sites (tertiary alicyclic amines) is 1. The molecule has 1 aromatic rings. The fourth-order valence-electron chi connectivity index (χ4n) is 3.08. The van der Waals surface area contributed by atoms with Crippen molar-refractivity contribution in [1.82, 2.24) is 14.8 Å². The summed E-state index contributed by atoms with van der Waals surface area (Å²) in [7, 11) is 3.98. The van der Waals surface area contributed by atoms with Crippen LogP contribution in [0.4, 0.5) is 0 Å². The molecule has 1 fully saturated rings. The third-order valence-corrected chi connectivity index (χ3v) is 5.28. The Morgan fingerprint density at radius 3 is 2.88 bits per heavy atom. The van der Waals surface area contributed by atoms with Crippen LogP contribution in [0.3, 0.4) is 0 Å². The molecule has 1 atom stereocenters. The van der Waals surface area contributed by atoms with E-state index in [0.29, 0.717) is 12.2 Å². The number of aromatic nitrogens is 1. The number of carbonyl (C=O) groups is 1. The number of amides is 1. The number of aliphatic hydroxyl groups excluding tert-OH is 1. The molecule has 0 aliphatic carbocycles. The van der Waals surface area contributed by atoms with Gasteiger partial charge in [-0.05, 0) is 47.2 Å². The van der Waals surface area contributed by atoms with Crippen molar-refractivity contribution in [3.63, 3.8) is 0 Å². The topological polar surface area (TPSA) is 56.7 Å². The van der Waals surface area contributed by atoms with Crippen LogP contribution in [0.1, 0.15) is 48.6 Å². The minimum Gasteiger partial charge on any atom is -0.396 e. The molecule has 1 aromatic heterocycles. The molecule has 1 saturated heterocycles. The molecule has 6 heteroatoms. The van der Waals surface area contributed by atoms with Gasteiger partial charge in [0.1, 0.15) is 10.7 Å². The first-order chi connectivity index (χ1) is 11.3. The Morgan fingerprint density at radius 1 is 1.50 bits per heavy atom. The second-order valence-electron chi connectivity index (χ2n) is 7.34. The minimum atomic E-state index is -0.215. The lowest BCUT2D eigenvalue weighted by Crippen LogP contribution is -2.47. The van der Waals surface area contributed by atoms with Crippen LogP contribution in [0.25, 0.3) is 0 Å². The van der Waals surface area contributed by atoms with Crippen LogP contribution in [0.2, 0.25) is 0 Å². The van der Waals surface area contributed by atoms with Gasteiger partial charge >= 0.3 is 0 Å². The summed E-state index contributed by atoms with van der Waals surface area (Å²) in [5, 5.41) is 12.8. The standard InChI is InChI=1S/C18H29N3O2S/c1-14(2)6-8-18(13-22)7-5-9-21(12-18)17(23)15-11-24-16(19-15)10-20(3)4/h6,11,22H,5,7-10,12-13H2,1-4H3/t18-/m0/s1. The number of hydrogen-bond acceptors (Lipinski definition) is 5. The minimum absolute atomic E-state index is 0.00835. The highest BCUT2D eigenvalue weighted by molar-refractivity contribution is 7.09. The molecule has 134 valence electrons. The summed E-state index contributed by atoms with van der Waals surface area (Å²) in [5.74, 6) is -0.00835. The molecule has 1 amide bonds. The fourth-order valence-corrected chi connectivity index (χ4v) is 3.96. The van der Waals surface area contributed by atoms with E-state index in [1.54, 1.807) is 0 Å². The summed E-state index contributed by atoms with van der Waals surface area (Å²) in [6.07, 6.45) is 4.87. The highest BCUT2D eigenvalue weighted by atomic mass is 32.1. The Morgan fingerprint density at radius 2 is 2.25 bits per heavy atom. The number of allylic oxidation sites excluding steroid dienone is 2. The van der Waals surface area contributed by atoms with Crippen LogP contribution in [-0.4, -0.2) is 59.6 Å². The van der Waals surface area contributed by atoms with E-state index >= 15 is 0 Å². The quantitative estimate of drug-likeness (QED) is 0.801. The van der Waals surface area contributed by atoms with Gasteiger partial charge in [0.2, 0.25) is 0 Å². The van der Waals surface area contributed by atoms with E-state index in [9.17, 15) is 9.90 Å². The Bertz CT molecular complexity index is 593. The molecular weight excluding hydrogens is 322 g/mol. The number of hydrogen-bond donors (Lipinski definition) is 1. The molecule has 0 radical (unpaired) electrons. The average molecular weight is 352 g/mol. The van der Waals surface area contributed by atoms with E-state index < -0.39 is 0 Å². The van der Waals surface area contributed by atoms with Crippen molar-refractivity contribution in [1.29, 1.82) is 0 Å². The van der Waals surface area contributed by atoms with E-state index in [4.69, 9.17) is 0 Å². The van der Waals surface area contributed by atoms with Gasteiger partial charge in [0.05, 0.1) is 6.61 Å². The molecule has 2 rings (SSSR count).